The topological polar surface area (TPSA) is 69.6 Å². The molecule has 0 radical (unpaired) electrons. The fourth-order valence-electron chi connectivity index (χ4n) is 4.42. The van der Waals surface area contributed by atoms with E-state index >= 15 is 0 Å². The third-order valence-corrected chi connectivity index (χ3v) is 6.49. The molecule has 0 aliphatic heterocycles. The molecule has 33 heavy (non-hydrogen) atoms. The van der Waals surface area contributed by atoms with Crippen molar-refractivity contribution in [1.82, 2.24) is 5.32 Å². The van der Waals surface area contributed by atoms with Crippen LogP contribution in [0.3, 0.4) is 0 Å². The molecule has 3 aromatic rings. The van der Waals surface area contributed by atoms with E-state index in [2.05, 4.69) is 49.5 Å². The molecule has 3 aromatic carbocycles. The first-order chi connectivity index (χ1) is 15.4. The summed E-state index contributed by atoms with van der Waals surface area (Å²) in [5, 5.41) is 23.3. The molecule has 0 spiro atoms. The van der Waals surface area contributed by atoms with Crippen molar-refractivity contribution in [3.05, 3.63) is 94.5 Å². The smallest absolute Gasteiger partial charge is 1.00 e. The molecule has 2 atom stereocenters. The van der Waals surface area contributed by atoms with Gasteiger partial charge in [-0.05, 0) is 70.7 Å². The number of fused-ring (bicyclic) bond motifs is 1. The van der Waals surface area contributed by atoms with Crippen molar-refractivity contribution in [3.63, 3.8) is 0 Å². The normalized spacial score (nSPS) is 16.1. The number of rotatable bonds is 7. The number of aliphatic hydroxyl groups is 1. The Morgan fingerprint density at radius 1 is 0.970 bits per heavy atom. The molecule has 0 saturated heterocycles. The minimum Gasteiger partial charge on any atom is -1.00 e. The van der Waals surface area contributed by atoms with E-state index in [0.29, 0.717) is 24.1 Å². The van der Waals surface area contributed by atoms with Crippen LogP contribution in [-0.2, 0) is 12.8 Å². The minimum atomic E-state index is -0.908. The molecule has 4 nitrogen and oxygen atoms in total. The first kappa shape index (κ1) is 25.7. The second kappa shape index (κ2) is 11.5. The van der Waals surface area contributed by atoms with Crippen LogP contribution in [0.4, 0.5) is 0 Å². The van der Waals surface area contributed by atoms with Crippen molar-refractivity contribution in [2.75, 3.05) is 6.54 Å². The predicted molar refractivity (Wildman–Crippen MR) is 129 cm³/mol. The standard InChI is InChI=1S/C28H31NO3.Na.H/c1-18(2)19-3-8-22(9-4-19)27(30)17-29-26-14-13-21-7-12-24(15-25(21)16-26)20-5-10-23(11-6-20)28(31)32;;/h3-12,15,18,26-27,29-30H,13-14,16-17H2,1-2H3,(H,31,32);;/q;+1;-1/t26-,27+;;/m0../s1. The SMILES string of the molecule is CC(C)c1ccc([C@H](O)CN[C@H]2CCc3ccc(-c4ccc(C(=O)O)cc4)cc3C2)cc1.[H-].[Na+]. The first-order valence-electron chi connectivity index (χ1n) is 11.4. The molecule has 5 heteroatoms. The number of aliphatic hydroxyl groups excluding tert-OH is 1. The summed E-state index contributed by atoms with van der Waals surface area (Å²) in [5.74, 6) is -0.421. The summed E-state index contributed by atoms with van der Waals surface area (Å²) >= 11 is 0. The quantitative estimate of drug-likeness (QED) is 0.481. The summed E-state index contributed by atoms with van der Waals surface area (Å²) in [5.41, 5.74) is 7.35. The van der Waals surface area contributed by atoms with Gasteiger partial charge in [0.15, 0.2) is 0 Å². The van der Waals surface area contributed by atoms with Crippen LogP contribution >= 0.6 is 0 Å². The van der Waals surface area contributed by atoms with Crippen molar-refractivity contribution in [2.45, 2.75) is 51.2 Å². The Balaban J connectivity index is 0.00000204. The maximum Gasteiger partial charge on any atom is 1.00 e. The zero-order chi connectivity index (χ0) is 22.7. The molecule has 168 valence electrons. The van der Waals surface area contributed by atoms with E-state index in [4.69, 9.17) is 5.11 Å². The molecule has 0 heterocycles. The number of carbonyl (C=O) groups is 1. The van der Waals surface area contributed by atoms with E-state index < -0.39 is 12.1 Å². The monoisotopic (exact) mass is 453 g/mol. The van der Waals surface area contributed by atoms with Crippen molar-refractivity contribution >= 4 is 5.97 Å². The Hall–Kier alpha value is -1.95. The van der Waals surface area contributed by atoms with Crippen LogP contribution in [0.5, 0.6) is 0 Å². The second-order valence-corrected chi connectivity index (χ2v) is 9.05. The van der Waals surface area contributed by atoms with Gasteiger partial charge < -0.3 is 17.0 Å². The molecule has 0 fully saturated rings. The van der Waals surface area contributed by atoms with E-state index in [9.17, 15) is 9.90 Å². The molecular formula is C28H32NNaO3. The van der Waals surface area contributed by atoms with Crippen LogP contribution in [0, 0.1) is 0 Å². The fourth-order valence-corrected chi connectivity index (χ4v) is 4.42. The largest absolute Gasteiger partial charge is 1.00 e. The van der Waals surface area contributed by atoms with Gasteiger partial charge in [-0.3, -0.25) is 0 Å². The molecule has 0 bridgehead atoms. The number of hydrogen-bond acceptors (Lipinski definition) is 3. The summed E-state index contributed by atoms with van der Waals surface area (Å²) in [4.78, 5) is 11.1. The molecule has 0 amide bonds. The zero-order valence-corrected chi connectivity index (χ0v) is 21.7. The van der Waals surface area contributed by atoms with Gasteiger partial charge in [0.1, 0.15) is 0 Å². The maximum absolute atomic E-state index is 11.1. The molecule has 0 unspecified atom stereocenters. The van der Waals surface area contributed by atoms with Gasteiger partial charge in [-0.2, -0.15) is 0 Å². The van der Waals surface area contributed by atoms with Gasteiger partial charge in [0.05, 0.1) is 11.7 Å². The molecule has 1 aliphatic rings. The van der Waals surface area contributed by atoms with Gasteiger partial charge in [-0.25, -0.2) is 4.79 Å². The Kier molecular flexibility index (Phi) is 8.91. The number of carboxylic acid groups (broad SMARTS) is 1. The van der Waals surface area contributed by atoms with E-state index in [1.165, 1.54) is 16.7 Å². The number of benzene rings is 3. The van der Waals surface area contributed by atoms with Crippen LogP contribution in [0.25, 0.3) is 11.1 Å². The summed E-state index contributed by atoms with van der Waals surface area (Å²) in [7, 11) is 0. The van der Waals surface area contributed by atoms with Crippen LogP contribution < -0.4 is 34.9 Å². The second-order valence-electron chi connectivity index (χ2n) is 9.05. The minimum absolute atomic E-state index is 0. The molecule has 0 saturated carbocycles. The Bertz CT molecular complexity index is 1080. The van der Waals surface area contributed by atoms with E-state index in [1.54, 1.807) is 12.1 Å². The van der Waals surface area contributed by atoms with E-state index in [0.717, 1.165) is 36.0 Å². The molecule has 3 N–H and O–H groups in total. The molecule has 1 aliphatic carbocycles. The van der Waals surface area contributed by atoms with Gasteiger partial charge in [0, 0.05) is 12.6 Å². The number of aryl methyl sites for hydroxylation is 1. The third kappa shape index (κ3) is 6.34. The predicted octanol–water partition coefficient (Wildman–Crippen LogP) is 2.47. The molecular weight excluding hydrogens is 421 g/mol. The number of hydrogen-bond donors (Lipinski definition) is 3. The van der Waals surface area contributed by atoms with E-state index in [1.807, 2.05) is 24.3 Å². The molecule has 4 rings (SSSR count). The Labute approximate surface area is 219 Å². The summed E-state index contributed by atoms with van der Waals surface area (Å²) in [6.07, 6.45) is 2.48. The van der Waals surface area contributed by atoms with Crippen LogP contribution in [0.15, 0.2) is 66.7 Å². The average molecular weight is 454 g/mol. The van der Waals surface area contributed by atoms with Gasteiger partial charge in [0.2, 0.25) is 0 Å². The van der Waals surface area contributed by atoms with Gasteiger partial charge in [-0.15, -0.1) is 0 Å². The van der Waals surface area contributed by atoms with Crippen molar-refractivity contribution in [1.29, 1.82) is 0 Å². The molecule has 0 aromatic heterocycles. The number of nitrogens with one attached hydrogen (secondary N) is 1. The third-order valence-electron chi connectivity index (χ3n) is 6.49. The maximum atomic E-state index is 11.1. The fraction of sp³-hybridized carbons (Fsp3) is 0.321. The van der Waals surface area contributed by atoms with Gasteiger partial charge >= 0.3 is 35.5 Å². The van der Waals surface area contributed by atoms with Crippen LogP contribution in [-0.4, -0.2) is 28.8 Å². The van der Waals surface area contributed by atoms with Crippen LogP contribution in [0.1, 0.15) is 66.3 Å². The van der Waals surface area contributed by atoms with Crippen molar-refractivity contribution in [3.8, 4) is 11.1 Å². The van der Waals surface area contributed by atoms with Gasteiger partial charge in [-0.1, -0.05) is 68.4 Å². The number of aromatic carboxylic acids is 1. The first-order valence-corrected chi connectivity index (χ1v) is 11.4. The zero-order valence-electron chi connectivity index (χ0n) is 20.7. The van der Waals surface area contributed by atoms with Crippen molar-refractivity contribution in [2.24, 2.45) is 0 Å². The summed E-state index contributed by atoms with van der Waals surface area (Å²) in [6, 6.07) is 22.2. The Morgan fingerprint density at radius 3 is 2.24 bits per heavy atom. The summed E-state index contributed by atoms with van der Waals surface area (Å²) < 4.78 is 0. The van der Waals surface area contributed by atoms with Crippen LogP contribution in [0.2, 0.25) is 0 Å². The van der Waals surface area contributed by atoms with Crippen molar-refractivity contribution < 1.29 is 46.0 Å². The Morgan fingerprint density at radius 2 is 1.61 bits per heavy atom. The number of carboxylic acids is 1. The van der Waals surface area contributed by atoms with E-state index in [-0.39, 0.29) is 31.0 Å². The van der Waals surface area contributed by atoms with Gasteiger partial charge in [0.25, 0.3) is 0 Å². The average Bonchev–Trinajstić information content (AvgIpc) is 2.82. The summed E-state index contributed by atoms with van der Waals surface area (Å²) in [6.45, 7) is 4.88.